The number of aromatic nitrogens is 1. The molecule has 3 aromatic rings. The highest BCUT2D eigenvalue weighted by Gasteiger charge is 2.19. The number of hydrogen-bond donors (Lipinski definition) is 3. The van der Waals surface area contributed by atoms with Crippen LogP contribution in [0, 0.1) is 11.2 Å². The molecule has 3 N–H and O–H groups in total. The van der Waals surface area contributed by atoms with E-state index in [0.29, 0.717) is 0 Å². The summed E-state index contributed by atoms with van der Waals surface area (Å²) in [6.07, 6.45) is 2.07. The average Bonchev–Trinajstić information content (AvgIpc) is 2.68. The smallest absolute Gasteiger partial charge is 0.261 e. The maximum Gasteiger partial charge on any atom is 0.261 e. The van der Waals surface area contributed by atoms with E-state index < -0.39 is 21.7 Å². The monoisotopic (exact) mass is 466 g/mol. The van der Waals surface area contributed by atoms with Crippen LogP contribution in [0.3, 0.4) is 0 Å². The van der Waals surface area contributed by atoms with Crippen molar-refractivity contribution in [2.24, 2.45) is 0 Å². The summed E-state index contributed by atoms with van der Waals surface area (Å²) in [7, 11) is -4.04. The van der Waals surface area contributed by atoms with Gasteiger partial charge in [0.2, 0.25) is 0 Å². The summed E-state index contributed by atoms with van der Waals surface area (Å²) < 4.78 is 41.6. The third kappa shape index (κ3) is 4.76. The van der Waals surface area contributed by atoms with Crippen LogP contribution in [-0.4, -0.2) is 25.5 Å². The number of sulfonamides is 1. The van der Waals surface area contributed by atoms with E-state index >= 15 is 0 Å². The zero-order chi connectivity index (χ0) is 21.9. The lowest BCUT2D eigenvalue weighted by Crippen LogP contribution is -2.17. The predicted molar refractivity (Wildman–Crippen MR) is 114 cm³/mol. The van der Waals surface area contributed by atoms with Crippen LogP contribution in [0.4, 0.5) is 15.9 Å². The molecule has 0 aliphatic carbocycles. The van der Waals surface area contributed by atoms with E-state index in [1.54, 1.807) is 0 Å². The number of benzene rings is 2. The summed E-state index contributed by atoms with van der Waals surface area (Å²) in [6, 6.07) is 10.6. The third-order valence-corrected chi connectivity index (χ3v) is 5.79. The molecule has 154 valence electrons. The van der Waals surface area contributed by atoms with Gasteiger partial charge in [-0.15, -0.1) is 0 Å². The van der Waals surface area contributed by atoms with Gasteiger partial charge >= 0.3 is 0 Å². The molecule has 0 unspecified atom stereocenters. The first-order valence-corrected chi connectivity index (χ1v) is 10.5. The van der Waals surface area contributed by atoms with Crippen molar-refractivity contribution in [2.75, 3.05) is 10.0 Å². The molecule has 30 heavy (non-hydrogen) atoms. The van der Waals surface area contributed by atoms with Gasteiger partial charge < -0.3 is 10.7 Å². The van der Waals surface area contributed by atoms with Crippen molar-refractivity contribution in [1.29, 1.82) is 5.41 Å². The number of nitrogens with one attached hydrogen (secondary N) is 3. The van der Waals surface area contributed by atoms with Gasteiger partial charge in [0.15, 0.2) is 0 Å². The van der Waals surface area contributed by atoms with E-state index in [-0.39, 0.29) is 37.6 Å². The largest absolute Gasteiger partial charge is 0.308 e. The quantitative estimate of drug-likeness (QED) is 0.461. The first-order chi connectivity index (χ1) is 14.2. The molecule has 1 amide bonds. The minimum atomic E-state index is -4.04. The Kier molecular flexibility index (Phi) is 6.35. The summed E-state index contributed by atoms with van der Waals surface area (Å²) in [5.41, 5.74) is -0.254. The Morgan fingerprint density at radius 2 is 1.87 bits per heavy atom. The second kappa shape index (κ2) is 8.78. The Labute approximate surface area is 181 Å². The maximum absolute atomic E-state index is 13.9. The van der Waals surface area contributed by atoms with Gasteiger partial charge in [-0.1, -0.05) is 35.3 Å². The summed E-state index contributed by atoms with van der Waals surface area (Å²) in [6.45, 7) is 0. The van der Waals surface area contributed by atoms with Crippen molar-refractivity contribution in [2.45, 2.75) is 4.90 Å². The first-order valence-electron chi connectivity index (χ1n) is 8.25. The van der Waals surface area contributed by atoms with Crippen LogP contribution in [0.5, 0.6) is 0 Å². The van der Waals surface area contributed by atoms with Crippen molar-refractivity contribution in [1.82, 2.24) is 4.98 Å². The Morgan fingerprint density at radius 3 is 2.53 bits per heavy atom. The molecular formula is C19H13Cl2FN4O3S. The molecule has 0 atom stereocenters. The molecular weight excluding hydrogens is 454 g/mol. The Morgan fingerprint density at radius 1 is 1.13 bits per heavy atom. The fraction of sp³-hybridized carbons (Fsp3) is 0. The lowest BCUT2D eigenvalue weighted by molar-refractivity contribution is 0.102. The fourth-order valence-electron chi connectivity index (χ4n) is 2.47. The number of pyridine rings is 1. The van der Waals surface area contributed by atoms with Crippen LogP contribution in [0.2, 0.25) is 10.0 Å². The lowest BCUT2D eigenvalue weighted by Gasteiger charge is -2.13. The number of rotatable bonds is 6. The highest BCUT2D eigenvalue weighted by molar-refractivity contribution is 7.92. The molecule has 0 aliphatic rings. The van der Waals surface area contributed by atoms with E-state index in [9.17, 15) is 17.6 Å². The zero-order valence-electron chi connectivity index (χ0n) is 15.0. The van der Waals surface area contributed by atoms with Crippen molar-refractivity contribution >= 4 is 56.9 Å². The van der Waals surface area contributed by atoms with Crippen molar-refractivity contribution in [3.05, 3.63) is 81.7 Å². The maximum atomic E-state index is 13.9. The van der Waals surface area contributed by atoms with Gasteiger partial charge in [-0.3, -0.25) is 9.52 Å². The van der Waals surface area contributed by atoms with Crippen LogP contribution < -0.4 is 10.0 Å². The summed E-state index contributed by atoms with van der Waals surface area (Å²) in [4.78, 5) is 16.2. The van der Waals surface area contributed by atoms with Gasteiger partial charge in [-0.2, -0.15) is 0 Å². The molecule has 3 rings (SSSR count). The van der Waals surface area contributed by atoms with E-state index in [1.165, 1.54) is 48.7 Å². The fourth-order valence-corrected chi connectivity index (χ4v) is 4.10. The normalized spacial score (nSPS) is 11.0. The molecule has 0 saturated heterocycles. The molecule has 7 nitrogen and oxygen atoms in total. The molecule has 0 radical (unpaired) electrons. The SMILES string of the molecule is N=Cc1cnc(NC(=O)c2c(F)cccc2Cl)cc1NS(=O)(=O)c1cccc(Cl)c1. The van der Waals surface area contributed by atoms with E-state index in [4.69, 9.17) is 28.6 Å². The van der Waals surface area contributed by atoms with Crippen LogP contribution in [0.1, 0.15) is 15.9 Å². The minimum Gasteiger partial charge on any atom is -0.308 e. The number of nitrogens with zero attached hydrogens (tertiary/aromatic N) is 1. The number of hydrogen-bond acceptors (Lipinski definition) is 5. The molecule has 0 bridgehead atoms. The molecule has 0 saturated carbocycles. The Bertz CT molecular complexity index is 1230. The number of anilines is 2. The van der Waals surface area contributed by atoms with Gasteiger partial charge in [0.1, 0.15) is 11.6 Å². The van der Waals surface area contributed by atoms with E-state index in [2.05, 4.69) is 15.0 Å². The molecule has 11 heteroatoms. The average molecular weight is 467 g/mol. The third-order valence-electron chi connectivity index (χ3n) is 3.87. The standard InChI is InChI=1S/C19H13Cl2FN4O3S/c20-12-3-1-4-13(7-12)30(28,29)26-16-8-17(24-10-11(16)9-23)25-19(27)18-14(21)5-2-6-15(18)22/h1-10,23H,(H2,24,25,26,27). The van der Waals surface area contributed by atoms with Crippen LogP contribution in [0.15, 0.2) is 59.6 Å². The van der Waals surface area contributed by atoms with Gasteiger partial charge in [-0.25, -0.2) is 17.8 Å². The predicted octanol–water partition coefficient (Wildman–Crippen LogP) is 4.58. The van der Waals surface area contributed by atoms with Gasteiger partial charge in [-0.05, 0) is 30.3 Å². The minimum absolute atomic E-state index is 0.0186. The molecule has 0 spiro atoms. The summed E-state index contributed by atoms with van der Waals surface area (Å²) in [5.74, 6) is -1.76. The zero-order valence-corrected chi connectivity index (χ0v) is 17.3. The molecule has 0 fully saturated rings. The van der Waals surface area contributed by atoms with E-state index in [0.717, 1.165) is 12.3 Å². The summed E-state index contributed by atoms with van der Waals surface area (Å²) >= 11 is 11.7. The number of carbonyl (C=O) groups is 1. The summed E-state index contributed by atoms with van der Waals surface area (Å²) in [5, 5.41) is 9.96. The number of carbonyl (C=O) groups excluding carboxylic acids is 1. The van der Waals surface area contributed by atoms with Crippen LogP contribution in [0.25, 0.3) is 0 Å². The number of amides is 1. The Hall–Kier alpha value is -3.01. The molecule has 1 heterocycles. The van der Waals surface area contributed by atoms with Crippen molar-refractivity contribution < 1.29 is 17.6 Å². The molecule has 1 aromatic heterocycles. The molecule has 0 aliphatic heterocycles. The highest BCUT2D eigenvalue weighted by atomic mass is 35.5. The number of halogens is 3. The second-order valence-corrected chi connectivity index (χ2v) is 8.44. The Balaban J connectivity index is 1.92. The van der Waals surface area contributed by atoms with Crippen LogP contribution >= 0.6 is 23.2 Å². The van der Waals surface area contributed by atoms with E-state index in [1.807, 2.05) is 0 Å². The topological polar surface area (TPSA) is 112 Å². The van der Waals surface area contributed by atoms with Gasteiger partial charge in [0.25, 0.3) is 15.9 Å². The molecule has 2 aromatic carbocycles. The lowest BCUT2D eigenvalue weighted by atomic mass is 10.2. The van der Waals surface area contributed by atoms with Crippen molar-refractivity contribution in [3.8, 4) is 0 Å². The highest BCUT2D eigenvalue weighted by Crippen LogP contribution is 2.24. The van der Waals surface area contributed by atoms with Gasteiger partial charge in [0.05, 0.1) is 21.2 Å². The van der Waals surface area contributed by atoms with Crippen molar-refractivity contribution in [3.63, 3.8) is 0 Å². The second-order valence-electron chi connectivity index (χ2n) is 5.91. The van der Waals surface area contributed by atoms with Gasteiger partial charge in [0, 0.05) is 29.1 Å². The first kappa shape index (κ1) is 21.7. The van der Waals surface area contributed by atoms with Crippen LogP contribution in [-0.2, 0) is 10.0 Å².